The molecule has 0 unspecified atom stereocenters. The van der Waals surface area contributed by atoms with Crippen LogP contribution in [0.3, 0.4) is 0 Å². The van der Waals surface area contributed by atoms with E-state index in [0.29, 0.717) is 6.61 Å². The second-order valence-corrected chi connectivity index (χ2v) is 7.10. The van der Waals surface area contributed by atoms with Crippen LogP contribution < -0.4 is 10.1 Å². The first-order valence-corrected chi connectivity index (χ1v) is 10.3. The molecule has 3 atom stereocenters. The SMILES string of the molecule is CCCCO[C@H](c1ccccc1)[C@H](C)OC(=O)[C@H](C)NC(=O)c1nccc(OC)c1O. The van der Waals surface area contributed by atoms with E-state index in [-0.39, 0.29) is 11.4 Å². The Kier molecular flexibility index (Phi) is 9.27. The molecule has 0 saturated heterocycles. The minimum absolute atomic E-state index is 0.110. The van der Waals surface area contributed by atoms with Crippen molar-refractivity contribution in [1.29, 1.82) is 0 Å². The predicted octanol–water partition coefficient (Wildman–Crippen LogP) is 3.40. The van der Waals surface area contributed by atoms with E-state index in [9.17, 15) is 14.7 Å². The van der Waals surface area contributed by atoms with Crippen LogP contribution in [0.1, 0.15) is 55.8 Å². The van der Waals surface area contributed by atoms with E-state index in [1.165, 1.54) is 26.3 Å². The molecule has 1 aromatic carbocycles. The largest absolute Gasteiger partial charge is 0.503 e. The van der Waals surface area contributed by atoms with Crippen molar-refractivity contribution in [2.45, 2.75) is 51.9 Å². The minimum atomic E-state index is -0.964. The van der Waals surface area contributed by atoms with E-state index < -0.39 is 35.9 Å². The fraction of sp³-hybridized carbons (Fsp3) is 0.435. The first kappa shape index (κ1) is 24.1. The number of unbranched alkanes of at least 4 members (excludes halogenated alkanes) is 1. The smallest absolute Gasteiger partial charge is 0.328 e. The Morgan fingerprint density at radius 3 is 2.52 bits per heavy atom. The summed E-state index contributed by atoms with van der Waals surface area (Å²) >= 11 is 0. The first-order chi connectivity index (χ1) is 14.9. The number of benzene rings is 1. The number of carbonyl (C=O) groups is 2. The molecule has 2 rings (SSSR count). The van der Waals surface area contributed by atoms with Gasteiger partial charge < -0.3 is 24.6 Å². The number of rotatable bonds is 11. The number of aromatic nitrogens is 1. The number of amides is 1. The average molecular weight is 431 g/mol. The van der Waals surface area contributed by atoms with E-state index in [4.69, 9.17) is 14.2 Å². The summed E-state index contributed by atoms with van der Waals surface area (Å²) in [7, 11) is 1.36. The number of methoxy groups -OCH3 is 1. The van der Waals surface area contributed by atoms with E-state index in [0.717, 1.165) is 18.4 Å². The number of pyridine rings is 1. The summed E-state index contributed by atoms with van der Waals surface area (Å²) in [5.74, 6) is -1.63. The first-order valence-electron chi connectivity index (χ1n) is 10.3. The summed E-state index contributed by atoms with van der Waals surface area (Å²) < 4.78 is 16.5. The third-order valence-corrected chi connectivity index (χ3v) is 4.68. The number of ether oxygens (including phenoxy) is 3. The summed E-state index contributed by atoms with van der Waals surface area (Å²) in [5.41, 5.74) is 0.665. The molecule has 1 heterocycles. The van der Waals surface area contributed by atoms with Crippen molar-refractivity contribution in [2.75, 3.05) is 13.7 Å². The zero-order valence-corrected chi connectivity index (χ0v) is 18.3. The highest BCUT2D eigenvalue weighted by molar-refractivity contribution is 5.97. The zero-order valence-electron chi connectivity index (χ0n) is 18.3. The lowest BCUT2D eigenvalue weighted by Crippen LogP contribution is -2.41. The van der Waals surface area contributed by atoms with Crippen LogP contribution in [0.2, 0.25) is 0 Å². The summed E-state index contributed by atoms with van der Waals surface area (Å²) in [6.07, 6.45) is 2.21. The lowest BCUT2D eigenvalue weighted by Gasteiger charge is -2.26. The quantitative estimate of drug-likeness (QED) is 0.416. The minimum Gasteiger partial charge on any atom is -0.503 e. The van der Waals surface area contributed by atoms with Crippen molar-refractivity contribution < 1.29 is 28.9 Å². The van der Waals surface area contributed by atoms with Crippen molar-refractivity contribution in [3.05, 3.63) is 53.9 Å². The summed E-state index contributed by atoms with van der Waals surface area (Å²) in [6.45, 7) is 5.87. The number of nitrogens with zero attached hydrogens (tertiary/aromatic N) is 1. The molecule has 1 aromatic heterocycles. The van der Waals surface area contributed by atoms with E-state index in [2.05, 4.69) is 17.2 Å². The molecular formula is C23H30N2O6. The van der Waals surface area contributed by atoms with Crippen LogP contribution in [-0.2, 0) is 14.3 Å². The molecule has 2 aromatic rings. The van der Waals surface area contributed by atoms with Crippen LogP contribution in [0.15, 0.2) is 42.6 Å². The van der Waals surface area contributed by atoms with E-state index in [1.54, 1.807) is 6.92 Å². The Hall–Kier alpha value is -3.13. The molecule has 0 saturated carbocycles. The highest BCUT2D eigenvalue weighted by Crippen LogP contribution is 2.27. The van der Waals surface area contributed by atoms with Crippen LogP contribution in [0, 0.1) is 0 Å². The van der Waals surface area contributed by atoms with Crippen LogP contribution in [0.25, 0.3) is 0 Å². The lowest BCUT2D eigenvalue weighted by atomic mass is 10.1. The average Bonchev–Trinajstić information content (AvgIpc) is 2.77. The van der Waals surface area contributed by atoms with Crippen LogP contribution >= 0.6 is 0 Å². The molecular weight excluding hydrogens is 400 g/mol. The number of esters is 1. The molecule has 0 aliphatic carbocycles. The second-order valence-electron chi connectivity index (χ2n) is 7.10. The lowest BCUT2D eigenvalue weighted by molar-refractivity contribution is -0.158. The highest BCUT2D eigenvalue weighted by Gasteiger charge is 2.27. The number of hydrogen-bond donors (Lipinski definition) is 2. The Morgan fingerprint density at radius 1 is 1.16 bits per heavy atom. The fourth-order valence-corrected chi connectivity index (χ4v) is 2.94. The third kappa shape index (κ3) is 6.68. The number of aromatic hydroxyl groups is 1. The van der Waals surface area contributed by atoms with Gasteiger partial charge in [-0.15, -0.1) is 0 Å². The van der Waals surface area contributed by atoms with Gasteiger partial charge in [0, 0.05) is 18.9 Å². The van der Waals surface area contributed by atoms with Crippen LogP contribution in [0.4, 0.5) is 0 Å². The zero-order chi connectivity index (χ0) is 22.8. The molecule has 0 aliphatic rings. The van der Waals surface area contributed by atoms with Gasteiger partial charge in [-0.25, -0.2) is 9.78 Å². The molecule has 0 aliphatic heterocycles. The molecule has 0 spiro atoms. The molecule has 0 radical (unpaired) electrons. The van der Waals surface area contributed by atoms with Crippen molar-refractivity contribution in [3.63, 3.8) is 0 Å². The van der Waals surface area contributed by atoms with Gasteiger partial charge in [0.15, 0.2) is 17.2 Å². The molecule has 0 bridgehead atoms. The van der Waals surface area contributed by atoms with Gasteiger partial charge in [0.1, 0.15) is 18.2 Å². The molecule has 1 amide bonds. The Labute approximate surface area is 182 Å². The maximum absolute atomic E-state index is 12.6. The van der Waals surface area contributed by atoms with Gasteiger partial charge in [0.2, 0.25) is 0 Å². The number of carbonyl (C=O) groups excluding carboxylic acids is 2. The molecule has 8 nitrogen and oxygen atoms in total. The Morgan fingerprint density at radius 2 is 1.87 bits per heavy atom. The van der Waals surface area contributed by atoms with Crippen molar-refractivity contribution in [1.82, 2.24) is 10.3 Å². The van der Waals surface area contributed by atoms with Gasteiger partial charge in [-0.1, -0.05) is 43.7 Å². The maximum atomic E-state index is 12.6. The van der Waals surface area contributed by atoms with Crippen LogP contribution in [0.5, 0.6) is 11.5 Å². The monoisotopic (exact) mass is 430 g/mol. The Balaban J connectivity index is 2.03. The normalized spacial score (nSPS) is 13.7. The van der Waals surface area contributed by atoms with Gasteiger partial charge >= 0.3 is 5.97 Å². The predicted molar refractivity (Wildman–Crippen MR) is 115 cm³/mol. The maximum Gasteiger partial charge on any atom is 0.328 e. The molecule has 31 heavy (non-hydrogen) atoms. The molecule has 168 valence electrons. The van der Waals surface area contributed by atoms with Gasteiger partial charge in [0.25, 0.3) is 5.91 Å². The summed E-state index contributed by atoms with van der Waals surface area (Å²) in [5, 5.41) is 12.6. The van der Waals surface area contributed by atoms with E-state index in [1.807, 2.05) is 30.3 Å². The van der Waals surface area contributed by atoms with Gasteiger partial charge in [-0.2, -0.15) is 0 Å². The van der Waals surface area contributed by atoms with E-state index >= 15 is 0 Å². The van der Waals surface area contributed by atoms with Crippen molar-refractivity contribution in [2.24, 2.45) is 0 Å². The van der Waals surface area contributed by atoms with Gasteiger partial charge in [0.05, 0.1) is 7.11 Å². The Bertz CT molecular complexity index is 858. The highest BCUT2D eigenvalue weighted by atomic mass is 16.6. The molecule has 2 N–H and O–H groups in total. The number of hydrogen-bond acceptors (Lipinski definition) is 7. The third-order valence-electron chi connectivity index (χ3n) is 4.68. The summed E-state index contributed by atoms with van der Waals surface area (Å²) in [6, 6.07) is 10.0. The molecule has 8 heteroatoms. The van der Waals surface area contributed by atoms with Gasteiger partial charge in [-0.3, -0.25) is 4.79 Å². The second kappa shape index (κ2) is 11.9. The van der Waals surface area contributed by atoms with Crippen LogP contribution in [-0.4, -0.2) is 47.8 Å². The molecule has 0 fully saturated rings. The number of nitrogens with one attached hydrogen (secondary N) is 1. The summed E-state index contributed by atoms with van der Waals surface area (Å²) in [4.78, 5) is 28.9. The van der Waals surface area contributed by atoms with Crippen molar-refractivity contribution >= 4 is 11.9 Å². The van der Waals surface area contributed by atoms with Gasteiger partial charge in [-0.05, 0) is 25.8 Å². The topological polar surface area (TPSA) is 107 Å². The van der Waals surface area contributed by atoms with Crippen molar-refractivity contribution in [3.8, 4) is 11.5 Å². The fourth-order valence-electron chi connectivity index (χ4n) is 2.94. The standard InChI is InChI=1S/C23H30N2O6/c1-5-6-14-30-21(17-10-8-7-9-11-17)16(3)31-23(28)15(2)25-22(27)19-20(26)18(29-4)12-13-24-19/h7-13,15-16,21,26H,5-6,14H2,1-4H3,(H,25,27)/t15-,16-,21-/m0/s1.